The van der Waals surface area contributed by atoms with Gasteiger partial charge in [0.1, 0.15) is 6.33 Å². The number of morpholine rings is 1. The van der Waals surface area contributed by atoms with E-state index >= 15 is 0 Å². The van der Waals surface area contributed by atoms with Crippen molar-refractivity contribution in [3.05, 3.63) is 24.3 Å². The van der Waals surface area contributed by atoms with Gasteiger partial charge >= 0.3 is 0 Å². The quantitative estimate of drug-likeness (QED) is 0.749. The first-order chi connectivity index (χ1) is 8.68. The number of nitrogens with zero attached hydrogens (tertiary/aromatic N) is 3. The largest absolute Gasteiger partial charge is 0.379 e. The van der Waals surface area contributed by atoms with Gasteiger partial charge in [0, 0.05) is 25.5 Å². The Morgan fingerprint density at radius 3 is 2.56 bits per heavy atom. The van der Waals surface area contributed by atoms with Crippen LogP contribution in [0.15, 0.2) is 18.7 Å². The molecule has 0 amide bonds. The molecule has 1 unspecified atom stereocenters. The minimum absolute atomic E-state index is 0.0903. The van der Waals surface area contributed by atoms with Crippen LogP contribution in [0.5, 0.6) is 0 Å². The lowest BCUT2D eigenvalue weighted by atomic mass is 9.87. The third-order valence-electron chi connectivity index (χ3n) is 3.71. The van der Waals surface area contributed by atoms with Crippen molar-refractivity contribution >= 4 is 5.78 Å². The zero-order chi connectivity index (χ0) is 13.0. The Morgan fingerprint density at radius 2 is 2.00 bits per heavy atom. The summed E-state index contributed by atoms with van der Waals surface area (Å²) in [6, 6.07) is 0. The van der Waals surface area contributed by atoms with Gasteiger partial charge < -0.3 is 4.74 Å². The summed E-state index contributed by atoms with van der Waals surface area (Å²) in [5.74, 6) is 0.0903. The van der Waals surface area contributed by atoms with Crippen molar-refractivity contribution in [2.75, 3.05) is 26.3 Å². The van der Waals surface area contributed by atoms with Crippen LogP contribution >= 0.6 is 0 Å². The van der Waals surface area contributed by atoms with Gasteiger partial charge in [-0.1, -0.05) is 6.92 Å². The molecule has 1 aliphatic heterocycles. The van der Waals surface area contributed by atoms with Crippen LogP contribution in [0.2, 0.25) is 0 Å². The molecule has 5 nitrogen and oxygen atoms in total. The molecule has 1 aromatic rings. The summed E-state index contributed by atoms with van der Waals surface area (Å²) in [5, 5.41) is 0. The highest BCUT2D eigenvalue weighted by molar-refractivity contribution is 6.02. The maximum Gasteiger partial charge on any atom is 0.185 e. The SMILES string of the molecule is CCC(C)(C(=O)c1cncnc1)N1CCOCC1. The number of carbonyl (C=O) groups is 1. The Morgan fingerprint density at radius 1 is 1.39 bits per heavy atom. The van der Waals surface area contributed by atoms with Crippen LogP contribution in [0.3, 0.4) is 0 Å². The normalized spacial score (nSPS) is 20.3. The number of hydrogen-bond donors (Lipinski definition) is 0. The molecule has 1 saturated heterocycles. The summed E-state index contributed by atoms with van der Waals surface area (Å²) >= 11 is 0. The van der Waals surface area contributed by atoms with E-state index in [0.29, 0.717) is 18.8 Å². The maximum atomic E-state index is 12.6. The van der Waals surface area contributed by atoms with Crippen LogP contribution in [-0.4, -0.2) is 52.5 Å². The Hall–Kier alpha value is -1.33. The van der Waals surface area contributed by atoms with Crippen LogP contribution in [0, 0.1) is 0 Å². The number of aromatic nitrogens is 2. The van der Waals surface area contributed by atoms with E-state index < -0.39 is 5.54 Å². The molecule has 5 heteroatoms. The van der Waals surface area contributed by atoms with Gasteiger partial charge in [-0.15, -0.1) is 0 Å². The molecule has 2 heterocycles. The fourth-order valence-electron chi connectivity index (χ4n) is 2.31. The molecule has 0 spiro atoms. The molecule has 1 atom stereocenters. The zero-order valence-corrected chi connectivity index (χ0v) is 10.9. The summed E-state index contributed by atoms with van der Waals surface area (Å²) in [6.45, 7) is 7.00. The van der Waals surface area contributed by atoms with Crippen molar-refractivity contribution in [2.45, 2.75) is 25.8 Å². The van der Waals surface area contributed by atoms with E-state index in [1.807, 2.05) is 13.8 Å². The van der Waals surface area contributed by atoms with Crippen molar-refractivity contribution in [2.24, 2.45) is 0 Å². The monoisotopic (exact) mass is 249 g/mol. The van der Waals surface area contributed by atoms with E-state index in [4.69, 9.17) is 4.74 Å². The fourth-order valence-corrected chi connectivity index (χ4v) is 2.31. The minimum Gasteiger partial charge on any atom is -0.379 e. The van der Waals surface area contributed by atoms with Gasteiger partial charge in [-0.25, -0.2) is 9.97 Å². The second-order valence-corrected chi connectivity index (χ2v) is 4.68. The van der Waals surface area contributed by atoms with Crippen LogP contribution < -0.4 is 0 Å². The maximum absolute atomic E-state index is 12.6. The molecule has 98 valence electrons. The molecule has 1 aliphatic rings. The average molecular weight is 249 g/mol. The molecule has 0 aliphatic carbocycles. The van der Waals surface area contributed by atoms with Crippen molar-refractivity contribution < 1.29 is 9.53 Å². The molecule has 18 heavy (non-hydrogen) atoms. The smallest absolute Gasteiger partial charge is 0.185 e. The molecule has 0 saturated carbocycles. The van der Waals surface area contributed by atoms with E-state index in [9.17, 15) is 4.79 Å². The van der Waals surface area contributed by atoms with Gasteiger partial charge in [-0.05, 0) is 13.3 Å². The second-order valence-electron chi connectivity index (χ2n) is 4.68. The molecule has 2 rings (SSSR count). The molecule has 1 fully saturated rings. The number of hydrogen-bond acceptors (Lipinski definition) is 5. The predicted octanol–water partition coefficient (Wildman–Crippen LogP) is 1.16. The van der Waals surface area contributed by atoms with Gasteiger partial charge in [0.05, 0.1) is 24.3 Å². The first kappa shape index (κ1) is 13.1. The standard InChI is InChI=1S/C13H19N3O2/c1-3-13(2,16-4-6-18-7-5-16)12(17)11-8-14-10-15-9-11/h8-10H,3-7H2,1-2H3. The molecule has 1 aromatic heterocycles. The number of rotatable bonds is 4. The highest BCUT2D eigenvalue weighted by Gasteiger charge is 2.38. The van der Waals surface area contributed by atoms with Crippen LogP contribution in [0.1, 0.15) is 30.6 Å². The average Bonchev–Trinajstić information content (AvgIpc) is 2.47. The van der Waals surface area contributed by atoms with E-state index in [1.165, 1.54) is 6.33 Å². The lowest BCUT2D eigenvalue weighted by molar-refractivity contribution is -0.0106. The first-order valence-electron chi connectivity index (χ1n) is 6.31. The number of Topliss-reactive ketones (excluding diaryl/α,β-unsaturated/α-hetero) is 1. The Labute approximate surface area is 107 Å². The van der Waals surface area contributed by atoms with Crippen molar-refractivity contribution in [3.63, 3.8) is 0 Å². The molecule has 0 N–H and O–H groups in total. The molecule has 0 aromatic carbocycles. The highest BCUT2D eigenvalue weighted by Crippen LogP contribution is 2.25. The molecule has 0 bridgehead atoms. The fraction of sp³-hybridized carbons (Fsp3) is 0.615. The van der Waals surface area contributed by atoms with E-state index in [1.54, 1.807) is 12.4 Å². The molecular weight excluding hydrogens is 230 g/mol. The van der Waals surface area contributed by atoms with Crippen LogP contribution in [0.4, 0.5) is 0 Å². The van der Waals surface area contributed by atoms with Gasteiger partial charge in [-0.2, -0.15) is 0 Å². The lowest BCUT2D eigenvalue weighted by Gasteiger charge is -2.41. The predicted molar refractivity (Wildman–Crippen MR) is 67.5 cm³/mol. The summed E-state index contributed by atoms with van der Waals surface area (Å²) in [4.78, 5) is 22.7. The summed E-state index contributed by atoms with van der Waals surface area (Å²) in [6.07, 6.45) is 5.38. The highest BCUT2D eigenvalue weighted by atomic mass is 16.5. The lowest BCUT2D eigenvalue weighted by Crippen LogP contribution is -2.56. The Kier molecular flexibility index (Phi) is 4.04. The summed E-state index contributed by atoms with van der Waals surface area (Å²) in [7, 11) is 0. The van der Waals surface area contributed by atoms with E-state index in [2.05, 4.69) is 14.9 Å². The van der Waals surface area contributed by atoms with E-state index in [0.717, 1.165) is 19.5 Å². The van der Waals surface area contributed by atoms with Gasteiger partial charge in [-0.3, -0.25) is 9.69 Å². The summed E-state index contributed by atoms with van der Waals surface area (Å²) in [5.41, 5.74) is 0.0856. The zero-order valence-electron chi connectivity index (χ0n) is 10.9. The van der Waals surface area contributed by atoms with Gasteiger partial charge in [0.15, 0.2) is 5.78 Å². The van der Waals surface area contributed by atoms with Crippen molar-refractivity contribution in [1.82, 2.24) is 14.9 Å². The van der Waals surface area contributed by atoms with Crippen molar-refractivity contribution in [3.8, 4) is 0 Å². The topological polar surface area (TPSA) is 55.3 Å². The molecular formula is C13H19N3O2. The minimum atomic E-state index is -0.492. The number of ketones is 1. The van der Waals surface area contributed by atoms with Gasteiger partial charge in [0.2, 0.25) is 0 Å². The van der Waals surface area contributed by atoms with Gasteiger partial charge in [0.25, 0.3) is 0 Å². The first-order valence-corrected chi connectivity index (χ1v) is 6.31. The molecule has 0 radical (unpaired) electrons. The third kappa shape index (κ3) is 2.42. The summed E-state index contributed by atoms with van der Waals surface area (Å²) < 4.78 is 5.35. The second kappa shape index (κ2) is 5.54. The van der Waals surface area contributed by atoms with Crippen LogP contribution in [0.25, 0.3) is 0 Å². The number of carbonyl (C=O) groups excluding carboxylic acids is 1. The third-order valence-corrected chi connectivity index (χ3v) is 3.71. The van der Waals surface area contributed by atoms with Crippen molar-refractivity contribution in [1.29, 1.82) is 0 Å². The Balaban J connectivity index is 2.23. The Bertz CT molecular complexity index is 404. The van der Waals surface area contributed by atoms with Crippen LogP contribution in [-0.2, 0) is 4.74 Å². The van der Waals surface area contributed by atoms with E-state index in [-0.39, 0.29) is 5.78 Å². The number of ether oxygens (including phenoxy) is 1.